The fourth-order valence-corrected chi connectivity index (χ4v) is 5.46. The van der Waals surface area contributed by atoms with Crippen LogP contribution in [0.2, 0.25) is 19.6 Å². The van der Waals surface area contributed by atoms with Crippen molar-refractivity contribution in [3.05, 3.63) is 0 Å². The van der Waals surface area contributed by atoms with Crippen LogP contribution in [0, 0.1) is 0 Å². The zero-order chi connectivity index (χ0) is 9.12. The van der Waals surface area contributed by atoms with Crippen molar-refractivity contribution in [2.45, 2.75) is 33.0 Å². The molecule has 0 atom stereocenters. The summed E-state index contributed by atoms with van der Waals surface area (Å²) < 4.78 is 25.0. The third-order valence-corrected chi connectivity index (χ3v) is 5.57. The number of hydrogen-bond donors (Lipinski definition) is 1. The van der Waals surface area contributed by atoms with Crippen molar-refractivity contribution >= 4 is 18.3 Å². The van der Waals surface area contributed by atoms with Gasteiger partial charge in [0.2, 0.25) is 10.0 Å². The van der Waals surface area contributed by atoms with Gasteiger partial charge in [0.1, 0.15) is 8.24 Å². The second-order valence-electron chi connectivity index (χ2n) is 3.67. The van der Waals surface area contributed by atoms with E-state index in [-0.39, 0.29) is 5.75 Å². The highest BCUT2D eigenvalue weighted by Crippen LogP contribution is 1.99. The molecular formula is C6H17NO2SSi. The summed E-state index contributed by atoms with van der Waals surface area (Å²) in [5.74, 6) is 0.247. The lowest BCUT2D eigenvalue weighted by molar-refractivity contribution is 0.591. The van der Waals surface area contributed by atoms with Gasteiger partial charge in [0.25, 0.3) is 0 Å². The minimum Gasteiger partial charge on any atom is -0.238 e. The van der Waals surface area contributed by atoms with E-state index in [0.29, 0.717) is 6.42 Å². The van der Waals surface area contributed by atoms with Crippen LogP contribution >= 0.6 is 0 Å². The molecule has 0 aromatic heterocycles. The van der Waals surface area contributed by atoms with Gasteiger partial charge >= 0.3 is 0 Å². The Morgan fingerprint density at radius 2 is 1.73 bits per heavy atom. The van der Waals surface area contributed by atoms with Crippen molar-refractivity contribution in [1.29, 1.82) is 0 Å². The van der Waals surface area contributed by atoms with Gasteiger partial charge in [-0.2, -0.15) is 0 Å². The number of hydrogen-bond acceptors (Lipinski definition) is 2. The Hall–Kier alpha value is 0.127. The fourth-order valence-electron chi connectivity index (χ4n) is 0.786. The van der Waals surface area contributed by atoms with Crippen molar-refractivity contribution < 1.29 is 8.42 Å². The highest BCUT2D eigenvalue weighted by Gasteiger charge is 2.20. The van der Waals surface area contributed by atoms with E-state index < -0.39 is 18.3 Å². The normalized spacial score (nSPS) is 13.5. The second-order valence-corrected chi connectivity index (χ2v) is 10.6. The van der Waals surface area contributed by atoms with Gasteiger partial charge in [0.15, 0.2) is 0 Å². The van der Waals surface area contributed by atoms with Gasteiger partial charge in [-0.25, -0.2) is 12.8 Å². The molecule has 0 saturated carbocycles. The summed E-state index contributed by atoms with van der Waals surface area (Å²) in [7, 11) is -4.65. The molecule has 5 heteroatoms. The molecule has 0 aliphatic carbocycles. The molecule has 0 spiro atoms. The van der Waals surface area contributed by atoms with E-state index in [1.54, 1.807) is 0 Å². The summed E-state index contributed by atoms with van der Waals surface area (Å²) in [6.45, 7) is 7.78. The maximum atomic E-state index is 11.2. The van der Waals surface area contributed by atoms with Crippen LogP contribution in [-0.4, -0.2) is 22.4 Å². The molecule has 1 N–H and O–H groups in total. The van der Waals surface area contributed by atoms with E-state index in [2.05, 4.69) is 4.39 Å². The van der Waals surface area contributed by atoms with E-state index in [9.17, 15) is 8.42 Å². The summed E-state index contributed by atoms with van der Waals surface area (Å²) in [5, 5.41) is 0. The molecule has 68 valence electrons. The van der Waals surface area contributed by atoms with Crippen LogP contribution in [-0.2, 0) is 10.0 Å². The molecular weight excluding hydrogens is 178 g/mol. The Bertz CT molecular complexity index is 205. The summed E-state index contributed by atoms with van der Waals surface area (Å²) in [4.78, 5) is 0. The van der Waals surface area contributed by atoms with Crippen LogP contribution in [0.25, 0.3) is 0 Å². The highest BCUT2D eigenvalue weighted by atomic mass is 32.2. The molecule has 11 heavy (non-hydrogen) atoms. The van der Waals surface area contributed by atoms with Crippen molar-refractivity contribution in [3.8, 4) is 0 Å². The van der Waals surface area contributed by atoms with E-state index in [0.717, 1.165) is 0 Å². The molecule has 0 radical (unpaired) electrons. The lowest BCUT2D eigenvalue weighted by atomic mass is 10.6. The van der Waals surface area contributed by atoms with Crippen LogP contribution in [0.4, 0.5) is 0 Å². The zero-order valence-electron chi connectivity index (χ0n) is 7.64. The Morgan fingerprint density at radius 3 is 2.00 bits per heavy atom. The molecule has 0 aromatic carbocycles. The van der Waals surface area contributed by atoms with Crippen molar-refractivity contribution in [2.24, 2.45) is 0 Å². The average Bonchev–Trinajstić information content (AvgIpc) is 1.55. The molecule has 0 saturated heterocycles. The second kappa shape index (κ2) is 3.69. The van der Waals surface area contributed by atoms with Gasteiger partial charge in [-0.05, 0) is 6.42 Å². The van der Waals surface area contributed by atoms with Gasteiger partial charge in [-0.15, -0.1) is 0 Å². The van der Waals surface area contributed by atoms with E-state index >= 15 is 0 Å². The molecule has 0 amide bonds. The molecule has 0 aromatic rings. The van der Waals surface area contributed by atoms with Crippen molar-refractivity contribution in [2.75, 3.05) is 5.75 Å². The van der Waals surface area contributed by atoms with Crippen LogP contribution in [0.1, 0.15) is 13.3 Å². The molecule has 0 rings (SSSR count). The molecule has 0 aliphatic heterocycles. The fraction of sp³-hybridized carbons (Fsp3) is 1.00. The van der Waals surface area contributed by atoms with Gasteiger partial charge in [0.05, 0.1) is 5.75 Å². The lowest BCUT2D eigenvalue weighted by Crippen LogP contribution is -2.46. The smallest absolute Gasteiger partial charge is 0.205 e. The summed E-state index contributed by atoms with van der Waals surface area (Å²) in [6.07, 6.45) is 0.680. The monoisotopic (exact) mass is 195 g/mol. The minimum atomic E-state index is -2.98. The first kappa shape index (κ1) is 11.1. The predicted molar refractivity (Wildman–Crippen MR) is 50.6 cm³/mol. The standard InChI is InChI=1S/C6H17NO2SSi/c1-5-6-10(8,9)7-11(2,3)4/h7H,5-6H2,1-4H3. The first-order valence-electron chi connectivity index (χ1n) is 3.78. The van der Waals surface area contributed by atoms with Crippen LogP contribution < -0.4 is 4.39 Å². The Kier molecular flexibility index (Phi) is 3.73. The van der Waals surface area contributed by atoms with Gasteiger partial charge in [-0.3, -0.25) is 0 Å². The van der Waals surface area contributed by atoms with Crippen molar-refractivity contribution in [1.82, 2.24) is 4.39 Å². The van der Waals surface area contributed by atoms with E-state index in [1.807, 2.05) is 26.6 Å². The Morgan fingerprint density at radius 1 is 1.27 bits per heavy atom. The van der Waals surface area contributed by atoms with Crippen molar-refractivity contribution in [3.63, 3.8) is 0 Å². The largest absolute Gasteiger partial charge is 0.238 e. The number of rotatable bonds is 4. The molecule has 0 heterocycles. The Labute approximate surface area is 70.3 Å². The number of sulfonamides is 1. The molecule has 0 bridgehead atoms. The predicted octanol–water partition coefficient (Wildman–Crippen LogP) is 1.15. The Balaban J connectivity index is 4.15. The summed E-state index contributed by atoms with van der Waals surface area (Å²) in [6, 6.07) is 0. The lowest BCUT2D eigenvalue weighted by Gasteiger charge is -2.17. The third-order valence-electron chi connectivity index (χ3n) is 0.935. The summed E-state index contributed by atoms with van der Waals surface area (Å²) in [5.41, 5.74) is 0. The minimum absolute atomic E-state index is 0.247. The maximum absolute atomic E-state index is 11.2. The highest BCUT2D eigenvalue weighted by molar-refractivity contribution is 7.90. The summed E-state index contributed by atoms with van der Waals surface area (Å²) >= 11 is 0. The first-order chi connectivity index (χ1) is 4.77. The van der Waals surface area contributed by atoms with E-state index in [4.69, 9.17) is 0 Å². The van der Waals surface area contributed by atoms with Crippen LogP contribution in [0.15, 0.2) is 0 Å². The number of nitrogens with one attached hydrogen (secondary N) is 1. The topological polar surface area (TPSA) is 46.2 Å². The quantitative estimate of drug-likeness (QED) is 0.684. The van der Waals surface area contributed by atoms with Gasteiger partial charge in [-0.1, -0.05) is 26.6 Å². The molecule has 0 fully saturated rings. The zero-order valence-corrected chi connectivity index (χ0v) is 9.46. The van der Waals surface area contributed by atoms with Crippen LogP contribution in [0.5, 0.6) is 0 Å². The SMILES string of the molecule is CCCS(=O)(=O)N[Si](C)(C)C. The first-order valence-corrected chi connectivity index (χ1v) is 8.94. The maximum Gasteiger partial charge on any atom is 0.205 e. The molecule has 0 aliphatic rings. The molecule has 0 unspecified atom stereocenters. The average molecular weight is 195 g/mol. The molecule has 3 nitrogen and oxygen atoms in total. The third kappa shape index (κ3) is 6.52. The van der Waals surface area contributed by atoms with Crippen LogP contribution in [0.3, 0.4) is 0 Å². The van der Waals surface area contributed by atoms with E-state index in [1.165, 1.54) is 0 Å². The van der Waals surface area contributed by atoms with Gasteiger partial charge < -0.3 is 0 Å². The van der Waals surface area contributed by atoms with Gasteiger partial charge in [0, 0.05) is 0 Å².